The van der Waals surface area contributed by atoms with Crippen LogP contribution in [0.15, 0.2) is 48.5 Å². The summed E-state index contributed by atoms with van der Waals surface area (Å²) in [7, 11) is 0. The smallest absolute Gasteiger partial charge is 0.335 e. The average Bonchev–Trinajstić information content (AvgIpc) is 2.97. The Bertz CT molecular complexity index is 799. The summed E-state index contributed by atoms with van der Waals surface area (Å²) in [6.07, 6.45) is 1.21. The van der Waals surface area contributed by atoms with Crippen molar-refractivity contribution in [1.82, 2.24) is 4.90 Å². The predicted molar refractivity (Wildman–Crippen MR) is 96.8 cm³/mol. The highest BCUT2D eigenvalue weighted by molar-refractivity contribution is 5.88. The summed E-state index contributed by atoms with van der Waals surface area (Å²) in [5.41, 5.74) is 3.55. The summed E-state index contributed by atoms with van der Waals surface area (Å²) in [4.78, 5) is 25.8. The van der Waals surface area contributed by atoms with Crippen molar-refractivity contribution in [3.05, 3.63) is 70.8 Å². The van der Waals surface area contributed by atoms with Gasteiger partial charge in [0, 0.05) is 18.5 Å². The summed E-state index contributed by atoms with van der Waals surface area (Å²) >= 11 is 0. The van der Waals surface area contributed by atoms with Gasteiger partial charge in [-0.3, -0.25) is 4.79 Å². The second-order valence-electron chi connectivity index (χ2n) is 6.87. The number of aryl methyl sites for hydroxylation is 1. The third-order valence-electron chi connectivity index (χ3n) is 5.05. The zero-order chi connectivity index (χ0) is 18.0. The van der Waals surface area contributed by atoms with Crippen LogP contribution in [0.1, 0.15) is 46.3 Å². The Kier molecular flexibility index (Phi) is 4.88. The molecule has 4 nitrogen and oxygen atoms in total. The van der Waals surface area contributed by atoms with E-state index >= 15 is 0 Å². The third-order valence-corrected chi connectivity index (χ3v) is 5.05. The highest BCUT2D eigenvalue weighted by Gasteiger charge is 2.33. The molecule has 25 heavy (non-hydrogen) atoms. The van der Waals surface area contributed by atoms with Crippen LogP contribution in [-0.2, 0) is 11.2 Å². The van der Waals surface area contributed by atoms with Crippen LogP contribution < -0.4 is 0 Å². The minimum absolute atomic E-state index is 0.0612. The fourth-order valence-corrected chi connectivity index (χ4v) is 3.74. The van der Waals surface area contributed by atoms with Gasteiger partial charge in [0.15, 0.2) is 0 Å². The molecule has 0 radical (unpaired) electrons. The quantitative estimate of drug-likeness (QED) is 0.927. The normalized spacial score (nSPS) is 19.8. The number of carboxylic acids is 1. The number of rotatable bonds is 4. The van der Waals surface area contributed by atoms with Crippen molar-refractivity contribution in [3.63, 3.8) is 0 Å². The van der Waals surface area contributed by atoms with Gasteiger partial charge in [0.1, 0.15) is 0 Å². The van der Waals surface area contributed by atoms with Crippen molar-refractivity contribution in [3.8, 4) is 0 Å². The number of hydrogen-bond acceptors (Lipinski definition) is 2. The van der Waals surface area contributed by atoms with Crippen LogP contribution in [0.3, 0.4) is 0 Å². The molecule has 0 aromatic heterocycles. The summed E-state index contributed by atoms with van der Waals surface area (Å²) < 4.78 is 0. The Morgan fingerprint density at radius 3 is 2.64 bits per heavy atom. The average molecular weight is 337 g/mol. The molecular formula is C21H23NO3. The number of carbonyl (C=O) groups is 2. The molecule has 4 heteroatoms. The number of hydrogen-bond donors (Lipinski definition) is 1. The van der Waals surface area contributed by atoms with Gasteiger partial charge >= 0.3 is 5.97 Å². The maximum atomic E-state index is 12.7. The van der Waals surface area contributed by atoms with Gasteiger partial charge in [-0.2, -0.15) is 0 Å². The number of likely N-dealkylation sites (tertiary alicyclic amines) is 1. The van der Waals surface area contributed by atoms with Crippen molar-refractivity contribution in [2.75, 3.05) is 6.54 Å². The van der Waals surface area contributed by atoms with Crippen molar-refractivity contribution < 1.29 is 14.7 Å². The molecule has 1 aliphatic rings. The maximum Gasteiger partial charge on any atom is 0.335 e. The van der Waals surface area contributed by atoms with Crippen molar-refractivity contribution >= 4 is 11.9 Å². The Balaban J connectivity index is 1.72. The lowest BCUT2D eigenvalue weighted by molar-refractivity contribution is -0.131. The number of nitrogens with zero attached hydrogens (tertiary/aromatic N) is 1. The third kappa shape index (κ3) is 3.73. The van der Waals surface area contributed by atoms with Gasteiger partial charge in [0.05, 0.1) is 12.0 Å². The fourth-order valence-electron chi connectivity index (χ4n) is 3.74. The summed E-state index contributed by atoms with van der Waals surface area (Å²) in [5, 5.41) is 9.09. The van der Waals surface area contributed by atoms with E-state index in [1.165, 1.54) is 11.1 Å². The van der Waals surface area contributed by atoms with Crippen LogP contribution in [0.2, 0.25) is 0 Å². The van der Waals surface area contributed by atoms with Crippen LogP contribution >= 0.6 is 0 Å². The molecule has 1 N–H and O–H groups in total. The lowest BCUT2D eigenvalue weighted by atomic mass is 9.93. The molecule has 1 heterocycles. The minimum atomic E-state index is -0.969. The van der Waals surface area contributed by atoms with Gasteiger partial charge in [-0.05, 0) is 49.1 Å². The topological polar surface area (TPSA) is 57.6 Å². The molecule has 130 valence electrons. The first-order chi connectivity index (χ1) is 12.0. The Morgan fingerprint density at radius 2 is 1.92 bits per heavy atom. The molecule has 2 aromatic rings. The van der Waals surface area contributed by atoms with Gasteiger partial charge in [-0.1, -0.05) is 36.4 Å². The highest BCUT2D eigenvalue weighted by atomic mass is 16.4. The largest absolute Gasteiger partial charge is 0.478 e. The SMILES string of the molecule is Cc1ccccc1C1CC(C)N(C(=O)Cc2cccc(C(=O)O)c2)C1. The second-order valence-corrected chi connectivity index (χ2v) is 6.87. The fraction of sp³-hybridized carbons (Fsp3) is 0.333. The van der Waals surface area contributed by atoms with Crippen molar-refractivity contribution in [1.29, 1.82) is 0 Å². The molecule has 0 spiro atoms. The molecule has 3 rings (SSSR count). The van der Waals surface area contributed by atoms with Gasteiger partial charge in [0.2, 0.25) is 5.91 Å². The molecule has 2 aromatic carbocycles. The first kappa shape index (κ1) is 17.2. The van der Waals surface area contributed by atoms with Gasteiger partial charge in [-0.15, -0.1) is 0 Å². The molecule has 1 saturated heterocycles. The van der Waals surface area contributed by atoms with E-state index < -0.39 is 5.97 Å². The van der Waals surface area contributed by atoms with E-state index in [2.05, 4.69) is 32.0 Å². The molecule has 1 aliphatic heterocycles. The zero-order valence-corrected chi connectivity index (χ0v) is 14.6. The van der Waals surface area contributed by atoms with E-state index in [4.69, 9.17) is 5.11 Å². The van der Waals surface area contributed by atoms with E-state index in [1.807, 2.05) is 17.0 Å². The van der Waals surface area contributed by atoms with E-state index in [0.717, 1.165) is 18.5 Å². The lowest BCUT2D eigenvalue weighted by Crippen LogP contribution is -2.35. The minimum Gasteiger partial charge on any atom is -0.478 e. The highest BCUT2D eigenvalue weighted by Crippen LogP contribution is 2.33. The van der Waals surface area contributed by atoms with Gasteiger partial charge in [-0.25, -0.2) is 4.79 Å². The maximum absolute atomic E-state index is 12.7. The Labute approximate surface area is 148 Å². The first-order valence-corrected chi connectivity index (χ1v) is 8.63. The Hall–Kier alpha value is -2.62. The number of aromatic carboxylic acids is 1. The standard InChI is InChI=1S/C21H23NO3/c1-14-6-3-4-9-19(14)18-10-15(2)22(13-18)20(23)12-16-7-5-8-17(11-16)21(24)25/h3-9,11,15,18H,10,12-13H2,1-2H3,(H,24,25). The monoisotopic (exact) mass is 337 g/mol. The number of carbonyl (C=O) groups excluding carboxylic acids is 1. The number of benzene rings is 2. The van der Waals surface area contributed by atoms with Crippen LogP contribution in [-0.4, -0.2) is 34.5 Å². The van der Waals surface area contributed by atoms with Gasteiger partial charge in [0.25, 0.3) is 0 Å². The summed E-state index contributed by atoms with van der Waals surface area (Å²) in [6.45, 7) is 4.93. The number of carboxylic acid groups (broad SMARTS) is 1. The van der Waals surface area contributed by atoms with Crippen molar-refractivity contribution in [2.45, 2.75) is 38.6 Å². The molecule has 2 unspecified atom stereocenters. The van der Waals surface area contributed by atoms with Crippen LogP contribution in [0.4, 0.5) is 0 Å². The lowest BCUT2D eigenvalue weighted by Gasteiger charge is -2.22. The molecule has 0 bridgehead atoms. The molecule has 0 saturated carbocycles. The van der Waals surface area contributed by atoms with Crippen LogP contribution in [0.25, 0.3) is 0 Å². The first-order valence-electron chi connectivity index (χ1n) is 8.63. The molecule has 2 atom stereocenters. The Morgan fingerprint density at radius 1 is 1.16 bits per heavy atom. The van der Waals surface area contributed by atoms with E-state index in [-0.39, 0.29) is 23.9 Å². The molecule has 1 fully saturated rings. The predicted octanol–water partition coefficient (Wildman–Crippen LogP) is 3.64. The second kappa shape index (κ2) is 7.09. The number of amides is 1. The summed E-state index contributed by atoms with van der Waals surface area (Å²) in [6, 6.07) is 15.2. The van der Waals surface area contributed by atoms with E-state index in [0.29, 0.717) is 5.92 Å². The van der Waals surface area contributed by atoms with Crippen molar-refractivity contribution in [2.24, 2.45) is 0 Å². The van der Waals surface area contributed by atoms with Gasteiger partial charge < -0.3 is 10.0 Å². The molecule has 0 aliphatic carbocycles. The molecular weight excluding hydrogens is 314 g/mol. The molecule has 1 amide bonds. The van der Waals surface area contributed by atoms with Crippen LogP contribution in [0, 0.1) is 6.92 Å². The van der Waals surface area contributed by atoms with E-state index in [9.17, 15) is 9.59 Å². The zero-order valence-electron chi connectivity index (χ0n) is 14.6. The van der Waals surface area contributed by atoms with E-state index in [1.54, 1.807) is 18.2 Å². The summed E-state index contributed by atoms with van der Waals surface area (Å²) in [5.74, 6) is -0.542. The van der Waals surface area contributed by atoms with Crippen LogP contribution in [0.5, 0.6) is 0 Å².